The highest BCUT2D eigenvalue weighted by atomic mass is 35.5. The molecule has 2 N–H and O–H groups in total. The molecule has 29 heavy (non-hydrogen) atoms. The van der Waals surface area contributed by atoms with E-state index >= 15 is 0 Å². The van der Waals surface area contributed by atoms with Crippen molar-refractivity contribution in [1.29, 1.82) is 0 Å². The van der Waals surface area contributed by atoms with E-state index in [1.54, 1.807) is 12.1 Å². The first-order chi connectivity index (χ1) is 13.5. The fourth-order valence-corrected chi connectivity index (χ4v) is 6.04. The number of benzene rings is 2. The third-order valence-electron chi connectivity index (χ3n) is 4.37. The highest BCUT2D eigenvalue weighted by Crippen LogP contribution is 2.26. The fraction of sp³-hybridized carbons (Fsp3) is 0.278. The third-order valence-corrected chi connectivity index (χ3v) is 8.26. The van der Waals surface area contributed by atoms with E-state index in [2.05, 4.69) is 10.0 Å². The molecule has 156 valence electrons. The van der Waals surface area contributed by atoms with Gasteiger partial charge < -0.3 is 5.32 Å². The lowest BCUT2D eigenvalue weighted by atomic mass is 10.1. The van der Waals surface area contributed by atoms with Crippen LogP contribution in [0.4, 0.5) is 5.69 Å². The highest BCUT2D eigenvalue weighted by Gasteiger charge is 2.28. The van der Waals surface area contributed by atoms with Crippen LogP contribution in [0.1, 0.15) is 12.0 Å². The van der Waals surface area contributed by atoms with Crippen LogP contribution in [0.15, 0.2) is 47.4 Å². The lowest BCUT2D eigenvalue weighted by Crippen LogP contribution is -2.36. The van der Waals surface area contributed by atoms with Gasteiger partial charge in [0.25, 0.3) is 10.0 Å². The maximum atomic E-state index is 12.4. The molecule has 1 aliphatic rings. The number of hydrogen-bond acceptors (Lipinski definition) is 5. The predicted molar refractivity (Wildman–Crippen MR) is 113 cm³/mol. The van der Waals surface area contributed by atoms with E-state index in [-0.39, 0.29) is 44.8 Å². The van der Waals surface area contributed by atoms with Gasteiger partial charge in [-0.05, 0) is 42.3 Å². The van der Waals surface area contributed by atoms with Crippen molar-refractivity contribution in [3.05, 3.63) is 58.1 Å². The van der Waals surface area contributed by atoms with Crippen molar-refractivity contribution in [3.8, 4) is 0 Å². The van der Waals surface area contributed by atoms with Gasteiger partial charge in [0.2, 0.25) is 5.91 Å². The van der Waals surface area contributed by atoms with E-state index in [9.17, 15) is 21.6 Å². The molecule has 2 aromatic carbocycles. The summed E-state index contributed by atoms with van der Waals surface area (Å²) in [7, 11) is -6.91. The van der Waals surface area contributed by atoms with Crippen LogP contribution in [-0.2, 0) is 31.1 Å². The summed E-state index contributed by atoms with van der Waals surface area (Å²) in [6.45, 7) is 0. The van der Waals surface area contributed by atoms with Gasteiger partial charge in [0, 0.05) is 11.7 Å². The first-order valence-corrected chi connectivity index (χ1v) is 12.7. The zero-order valence-corrected chi connectivity index (χ0v) is 18.2. The summed E-state index contributed by atoms with van der Waals surface area (Å²) in [5.74, 6) is -0.226. The number of nitrogens with one attached hydrogen (secondary N) is 2. The lowest BCUT2D eigenvalue weighted by Gasteiger charge is -2.12. The average molecular weight is 477 g/mol. The molecule has 0 aliphatic carbocycles. The van der Waals surface area contributed by atoms with E-state index in [1.165, 1.54) is 30.3 Å². The van der Waals surface area contributed by atoms with Crippen LogP contribution in [0.3, 0.4) is 0 Å². The Hall–Kier alpha value is -1.81. The Labute approximate surface area is 179 Å². The van der Waals surface area contributed by atoms with Crippen LogP contribution in [-0.4, -0.2) is 40.3 Å². The van der Waals surface area contributed by atoms with Gasteiger partial charge in [-0.2, -0.15) is 0 Å². The predicted octanol–water partition coefficient (Wildman–Crippen LogP) is 2.64. The Bertz CT molecular complexity index is 1130. The van der Waals surface area contributed by atoms with Gasteiger partial charge in [0.15, 0.2) is 9.84 Å². The minimum absolute atomic E-state index is 0.0260. The summed E-state index contributed by atoms with van der Waals surface area (Å²) in [6, 6.07) is 9.97. The second-order valence-electron chi connectivity index (χ2n) is 6.72. The molecule has 7 nitrogen and oxygen atoms in total. The van der Waals surface area contributed by atoms with Crippen LogP contribution in [0.5, 0.6) is 0 Å². The molecule has 0 saturated carbocycles. The Kier molecular flexibility index (Phi) is 6.42. The van der Waals surface area contributed by atoms with Crippen molar-refractivity contribution in [2.75, 3.05) is 16.2 Å². The molecule has 1 saturated heterocycles. The number of anilines is 1. The number of rotatable bonds is 6. The van der Waals surface area contributed by atoms with Gasteiger partial charge >= 0.3 is 0 Å². The Balaban J connectivity index is 1.61. The van der Waals surface area contributed by atoms with E-state index in [1.807, 2.05) is 0 Å². The number of carbonyl (C=O) groups is 1. The van der Waals surface area contributed by atoms with Crippen molar-refractivity contribution in [3.63, 3.8) is 0 Å². The van der Waals surface area contributed by atoms with E-state index < -0.39 is 19.9 Å². The van der Waals surface area contributed by atoms with Crippen molar-refractivity contribution in [1.82, 2.24) is 5.32 Å². The van der Waals surface area contributed by atoms with Gasteiger partial charge in [-0.3, -0.25) is 9.52 Å². The second kappa shape index (κ2) is 8.51. The largest absolute Gasteiger partial charge is 0.352 e. The highest BCUT2D eigenvalue weighted by molar-refractivity contribution is 7.92. The molecule has 1 heterocycles. The smallest absolute Gasteiger partial charge is 0.261 e. The topological polar surface area (TPSA) is 109 Å². The Morgan fingerprint density at radius 1 is 1.07 bits per heavy atom. The zero-order valence-electron chi connectivity index (χ0n) is 15.1. The van der Waals surface area contributed by atoms with Crippen LogP contribution < -0.4 is 10.0 Å². The maximum Gasteiger partial charge on any atom is 0.261 e. The van der Waals surface area contributed by atoms with Crippen LogP contribution in [0.2, 0.25) is 10.0 Å². The SMILES string of the molecule is O=C(Cc1ccc(NS(=O)(=O)c2ccc(Cl)c(Cl)c2)cc1)N[C@@H]1CCS(=O)(=O)C1. The third kappa shape index (κ3) is 5.85. The summed E-state index contributed by atoms with van der Waals surface area (Å²) in [5, 5.41) is 3.10. The molecular weight excluding hydrogens is 459 g/mol. The summed E-state index contributed by atoms with van der Waals surface area (Å²) in [5.41, 5.74) is 0.989. The van der Waals surface area contributed by atoms with Crippen molar-refractivity contribution in [2.24, 2.45) is 0 Å². The zero-order chi connectivity index (χ0) is 21.2. The number of hydrogen-bond donors (Lipinski definition) is 2. The van der Waals surface area contributed by atoms with Crippen LogP contribution in [0, 0.1) is 0 Å². The fourth-order valence-electron chi connectivity index (χ4n) is 2.92. The van der Waals surface area contributed by atoms with Gasteiger partial charge in [-0.1, -0.05) is 35.3 Å². The summed E-state index contributed by atoms with van der Waals surface area (Å²) in [6.07, 6.45) is 0.486. The molecule has 0 radical (unpaired) electrons. The molecule has 1 atom stereocenters. The molecule has 0 bridgehead atoms. The quantitative estimate of drug-likeness (QED) is 0.665. The van der Waals surface area contributed by atoms with Gasteiger partial charge in [0.1, 0.15) is 0 Å². The molecule has 3 rings (SSSR count). The molecule has 1 fully saturated rings. The lowest BCUT2D eigenvalue weighted by molar-refractivity contribution is -0.121. The standard InChI is InChI=1S/C18H18Cl2N2O5S2/c19-16-6-5-15(10-17(16)20)29(26,27)22-13-3-1-12(2-4-13)9-18(23)21-14-7-8-28(24,25)11-14/h1-6,10,14,22H,7-9,11H2,(H,21,23)/t14-/m1/s1. The monoisotopic (exact) mass is 476 g/mol. The minimum atomic E-state index is -3.84. The van der Waals surface area contributed by atoms with E-state index in [0.717, 1.165) is 0 Å². The number of carbonyl (C=O) groups excluding carboxylic acids is 1. The Morgan fingerprint density at radius 3 is 2.34 bits per heavy atom. The van der Waals surface area contributed by atoms with Crippen molar-refractivity contribution >= 4 is 54.7 Å². The first-order valence-electron chi connectivity index (χ1n) is 8.61. The average Bonchev–Trinajstić information content (AvgIpc) is 2.97. The molecule has 0 aromatic heterocycles. The number of amides is 1. The molecule has 0 unspecified atom stereocenters. The van der Waals surface area contributed by atoms with Gasteiger partial charge in [-0.25, -0.2) is 16.8 Å². The van der Waals surface area contributed by atoms with Crippen LogP contribution >= 0.6 is 23.2 Å². The van der Waals surface area contributed by atoms with Gasteiger partial charge in [0.05, 0.1) is 32.9 Å². The summed E-state index contributed by atoms with van der Waals surface area (Å²) in [4.78, 5) is 12.1. The van der Waals surface area contributed by atoms with Crippen molar-refractivity contribution < 1.29 is 21.6 Å². The molecule has 1 amide bonds. The molecule has 11 heteroatoms. The number of halogens is 2. The number of sulfone groups is 1. The van der Waals surface area contributed by atoms with Crippen LogP contribution in [0.25, 0.3) is 0 Å². The molecular formula is C18H18Cl2N2O5S2. The molecule has 1 aliphatic heterocycles. The van der Waals surface area contributed by atoms with E-state index in [4.69, 9.17) is 23.2 Å². The summed E-state index contributed by atoms with van der Waals surface area (Å²) >= 11 is 11.7. The van der Waals surface area contributed by atoms with Gasteiger partial charge in [-0.15, -0.1) is 0 Å². The second-order valence-corrected chi connectivity index (χ2v) is 11.4. The summed E-state index contributed by atoms with van der Waals surface area (Å²) < 4.78 is 50.2. The minimum Gasteiger partial charge on any atom is -0.352 e. The van der Waals surface area contributed by atoms with E-state index in [0.29, 0.717) is 17.7 Å². The van der Waals surface area contributed by atoms with Crippen molar-refractivity contribution in [2.45, 2.75) is 23.8 Å². The maximum absolute atomic E-state index is 12.4. The Morgan fingerprint density at radius 2 is 1.76 bits per heavy atom. The number of sulfonamides is 1. The normalized spacial score (nSPS) is 18.3. The first kappa shape index (κ1) is 21.9. The molecule has 2 aromatic rings. The molecule has 0 spiro atoms.